The number of amides is 1. The number of thiocarbonyl (C=S) groups is 1. The van der Waals surface area contributed by atoms with E-state index in [-0.39, 0.29) is 5.91 Å². The Kier molecular flexibility index (Phi) is 3.17. The summed E-state index contributed by atoms with van der Waals surface area (Å²) in [5.74, 6) is 0.630. The first-order valence-electron chi connectivity index (χ1n) is 6.42. The minimum Gasteiger partial charge on any atom is -0.468 e. The zero-order valence-corrected chi connectivity index (χ0v) is 12.4. The Morgan fingerprint density at radius 1 is 1.24 bits per heavy atom. The summed E-state index contributed by atoms with van der Waals surface area (Å²) in [5.41, 5.74) is -0.314. The molecular formula is C15H14N2O3S. The zero-order chi connectivity index (χ0) is 15.0. The fourth-order valence-electron chi connectivity index (χ4n) is 2.32. The highest BCUT2D eigenvalue weighted by Gasteiger charge is 2.50. The van der Waals surface area contributed by atoms with E-state index in [2.05, 4.69) is 5.32 Å². The average molecular weight is 302 g/mol. The van der Waals surface area contributed by atoms with Gasteiger partial charge in [0, 0.05) is 6.07 Å². The van der Waals surface area contributed by atoms with E-state index in [1.165, 1.54) is 12.0 Å². The number of carbonyl (C=O) groups excluding carboxylic acids is 1. The van der Waals surface area contributed by atoms with Crippen LogP contribution >= 0.6 is 12.2 Å². The van der Waals surface area contributed by atoms with Crippen LogP contribution in [0.5, 0.6) is 5.95 Å². The monoisotopic (exact) mass is 302 g/mol. The number of furan rings is 1. The van der Waals surface area contributed by atoms with Crippen LogP contribution < -0.4 is 15.0 Å². The number of methoxy groups -OCH3 is 1. The fourth-order valence-corrected chi connectivity index (χ4v) is 2.71. The molecule has 0 bridgehead atoms. The van der Waals surface area contributed by atoms with E-state index in [1.807, 2.05) is 30.3 Å². The predicted octanol–water partition coefficient (Wildman–Crippen LogP) is 2.42. The van der Waals surface area contributed by atoms with E-state index in [4.69, 9.17) is 21.4 Å². The molecule has 1 aromatic heterocycles. The fraction of sp³-hybridized carbons (Fsp3) is 0.200. The van der Waals surface area contributed by atoms with E-state index in [9.17, 15) is 4.79 Å². The Labute approximate surface area is 127 Å². The zero-order valence-electron chi connectivity index (χ0n) is 11.6. The molecule has 0 aliphatic carbocycles. The van der Waals surface area contributed by atoms with Crippen LogP contribution in [0.25, 0.3) is 0 Å². The van der Waals surface area contributed by atoms with Gasteiger partial charge in [0.25, 0.3) is 11.9 Å². The molecule has 108 valence electrons. The summed E-state index contributed by atoms with van der Waals surface area (Å²) in [6, 6.07) is 12.6. The molecule has 1 aromatic carbocycles. The van der Waals surface area contributed by atoms with E-state index >= 15 is 0 Å². The quantitative estimate of drug-likeness (QED) is 0.883. The van der Waals surface area contributed by atoms with Crippen molar-refractivity contribution in [2.45, 2.75) is 12.5 Å². The first-order valence-corrected chi connectivity index (χ1v) is 6.83. The maximum absolute atomic E-state index is 12.8. The summed E-state index contributed by atoms with van der Waals surface area (Å²) >= 11 is 5.30. The number of nitrogens with one attached hydrogen (secondary N) is 1. The molecule has 0 saturated carbocycles. The van der Waals surface area contributed by atoms with Gasteiger partial charge in [0.05, 0.1) is 12.8 Å². The number of hydrogen-bond donors (Lipinski definition) is 1. The van der Waals surface area contributed by atoms with Crippen LogP contribution in [-0.4, -0.2) is 18.1 Å². The number of ether oxygens (including phenoxy) is 1. The van der Waals surface area contributed by atoms with Crippen LogP contribution in [0.1, 0.15) is 12.7 Å². The molecule has 1 amide bonds. The Hall–Kier alpha value is -2.34. The maximum Gasteiger partial charge on any atom is 0.284 e. The predicted molar refractivity (Wildman–Crippen MR) is 82.3 cm³/mol. The summed E-state index contributed by atoms with van der Waals surface area (Å²) < 4.78 is 10.6. The van der Waals surface area contributed by atoms with Gasteiger partial charge in [-0.3, -0.25) is 9.69 Å². The normalized spacial score (nSPS) is 21.5. The Bertz CT molecular complexity index is 698. The van der Waals surface area contributed by atoms with Crippen molar-refractivity contribution in [2.24, 2.45) is 0 Å². The van der Waals surface area contributed by atoms with Crippen LogP contribution in [0.3, 0.4) is 0 Å². The lowest BCUT2D eigenvalue weighted by molar-refractivity contribution is -0.122. The number of para-hydroxylation sites is 1. The molecule has 0 unspecified atom stereocenters. The highest BCUT2D eigenvalue weighted by Crippen LogP contribution is 2.34. The van der Waals surface area contributed by atoms with Gasteiger partial charge in [0.1, 0.15) is 5.76 Å². The molecule has 2 heterocycles. The molecule has 1 aliphatic heterocycles. The lowest BCUT2D eigenvalue weighted by atomic mass is 9.99. The molecule has 0 spiro atoms. The maximum atomic E-state index is 12.8. The van der Waals surface area contributed by atoms with Crippen molar-refractivity contribution < 1.29 is 13.9 Å². The minimum absolute atomic E-state index is 0.185. The van der Waals surface area contributed by atoms with Gasteiger partial charge in [0.2, 0.25) is 0 Å². The smallest absolute Gasteiger partial charge is 0.284 e. The van der Waals surface area contributed by atoms with Crippen LogP contribution in [0, 0.1) is 0 Å². The van der Waals surface area contributed by atoms with Crippen molar-refractivity contribution in [3.05, 3.63) is 48.2 Å². The second-order valence-corrected chi connectivity index (χ2v) is 5.24. The molecule has 1 fully saturated rings. The van der Waals surface area contributed by atoms with Crippen molar-refractivity contribution in [1.82, 2.24) is 5.32 Å². The second-order valence-electron chi connectivity index (χ2n) is 4.85. The van der Waals surface area contributed by atoms with Crippen LogP contribution in [-0.2, 0) is 10.3 Å². The Morgan fingerprint density at radius 2 is 1.95 bits per heavy atom. The van der Waals surface area contributed by atoms with Crippen molar-refractivity contribution in [2.75, 3.05) is 12.0 Å². The van der Waals surface area contributed by atoms with Crippen molar-refractivity contribution in [1.29, 1.82) is 0 Å². The van der Waals surface area contributed by atoms with Crippen molar-refractivity contribution in [3.8, 4) is 5.95 Å². The van der Waals surface area contributed by atoms with Gasteiger partial charge in [-0.05, 0) is 37.3 Å². The number of nitrogens with zero attached hydrogens (tertiary/aromatic N) is 1. The molecule has 5 nitrogen and oxygen atoms in total. The third kappa shape index (κ3) is 2.08. The SMILES string of the molecule is COc1ccc([C@@]2(C)NC(=S)N(c3ccccc3)C2=O)o1. The molecule has 1 saturated heterocycles. The number of rotatable bonds is 3. The molecule has 3 rings (SSSR count). The molecule has 1 atom stereocenters. The summed E-state index contributed by atoms with van der Waals surface area (Å²) in [6.45, 7) is 1.74. The number of carbonyl (C=O) groups is 1. The first-order chi connectivity index (χ1) is 10.1. The second kappa shape index (κ2) is 4.89. The van der Waals surface area contributed by atoms with Gasteiger partial charge in [-0.2, -0.15) is 0 Å². The van der Waals surface area contributed by atoms with E-state index in [0.717, 1.165) is 5.69 Å². The largest absolute Gasteiger partial charge is 0.468 e. The number of benzene rings is 1. The first kappa shape index (κ1) is 13.6. The standard InChI is InChI=1S/C15H14N2O3S/c1-15(11-8-9-12(19-2)20-11)13(18)17(14(21)16-15)10-6-4-3-5-7-10/h3-9H,1-2H3,(H,16,21)/t15-/m1/s1. The molecule has 6 heteroatoms. The lowest BCUT2D eigenvalue weighted by Crippen LogP contribution is -2.40. The lowest BCUT2D eigenvalue weighted by Gasteiger charge is -2.19. The van der Waals surface area contributed by atoms with Crippen LogP contribution in [0.4, 0.5) is 5.69 Å². The van der Waals surface area contributed by atoms with E-state index in [1.54, 1.807) is 19.1 Å². The van der Waals surface area contributed by atoms with Gasteiger partial charge < -0.3 is 14.5 Å². The summed E-state index contributed by atoms with van der Waals surface area (Å²) in [6.07, 6.45) is 0. The van der Waals surface area contributed by atoms with Crippen molar-refractivity contribution >= 4 is 28.9 Å². The van der Waals surface area contributed by atoms with Gasteiger partial charge in [-0.25, -0.2) is 0 Å². The van der Waals surface area contributed by atoms with Crippen molar-refractivity contribution in [3.63, 3.8) is 0 Å². The van der Waals surface area contributed by atoms with E-state index in [0.29, 0.717) is 16.8 Å². The molecular weight excluding hydrogens is 288 g/mol. The van der Waals surface area contributed by atoms with Gasteiger partial charge in [0.15, 0.2) is 10.7 Å². The molecule has 21 heavy (non-hydrogen) atoms. The molecule has 0 radical (unpaired) electrons. The van der Waals surface area contributed by atoms with Gasteiger partial charge >= 0.3 is 0 Å². The molecule has 1 N–H and O–H groups in total. The highest BCUT2D eigenvalue weighted by atomic mass is 32.1. The summed E-state index contributed by atoms with van der Waals surface area (Å²) in [4.78, 5) is 14.3. The van der Waals surface area contributed by atoms with Crippen LogP contribution in [0.15, 0.2) is 46.9 Å². The number of hydrogen-bond acceptors (Lipinski definition) is 4. The molecule has 1 aliphatic rings. The summed E-state index contributed by atoms with van der Waals surface area (Å²) in [7, 11) is 1.51. The minimum atomic E-state index is -1.04. The summed E-state index contributed by atoms with van der Waals surface area (Å²) in [5, 5.41) is 3.39. The van der Waals surface area contributed by atoms with Gasteiger partial charge in [-0.1, -0.05) is 18.2 Å². The third-order valence-electron chi connectivity index (χ3n) is 3.48. The molecule has 2 aromatic rings. The Balaban J connectivity index is 1.99. The Morgan fingerprint density at radius 3 is 2.57 bits per heavy atom. The van der Waals surface area contributed by atoms with Crippen LogP contribution in [0.2, 0.25) is 0 Å². The van der Waals surface area contributed by atoms with E-state index < -0.39 is 5.54 Å². The van der Waals surface area contributed by atoms with Gasteiger partial charge in [-0.15, -0.1) is 0 Å². The average Bonchev–Trinajstić information content (AvgIpc) is 3.05. The highest BCUT2D eigenvalue weighted by molar-refractivity contribution is 7.80. The third-order valence-corrected chi connectivity index (χ3v) is 3.77. The number of anilines is 1. The topological polar surface area (TPSA) is 54.7 Å².